The second kappa shape index (κ2) is 40.4. The Labute approximate surface area is 683 Å². The fourth-order valence-electron chi connectivity index (χ4n) is 13.5. The number of aromatic carboxylic acids is 1. The molecule has 0 radical (unpaired) electrons. The molecule has 12 heterocycles. The second-order valence-corrected chi connectivity index (χ2v) is 27.7. The Morgan fingerprint density at radius 1 is 0.361 bits per heavy atom. The van der Waals surface area contributed by atoms with Crippen molar-refractivity contribution in [1.29, 1.82) is 0 Å². The maximum atomic E-state index is 14.3. The Bertz CT molecular complexity index is 5140. The molecule has 0 saturated heterocycles. The van der Waals surface area contributed by atoms with Crippen LogP contribution in [-0.4, -0.2) is 164 Å². The summed E-state index contributed by atoms with van der Waals surface area (Å²) < 4.78 is 61.5. The number of halogens is 4. The lowest BCUT2D eigenvalue weighted by Crippen LogP contribution is -2.47. The predicted molar refractivity (Wildman–Crippen MR) is 437 cm³/mol. The van der Waals surface area contributed by atoms with E-state index in [1.807, 2.05) is 170 Å². The van der Waals surface area contributed by atoms with E-state index in [1.165, 1.54) is 52.0 Å². The molecule has 0 aliphatic carbocycles. The van der Waals surface area contributed by atoms with Gasteiger partial charge in [-0.3, -0.25) is 71.9 Å². The highest BCUT2D eigenvalue weighted by Gasteiger charge is 2.36. The Morgan fingerprint density at radius 2 is 0.597 bits per heavy atom. The van der Waals surface area contributed by atoms with Gasteiger partial charge in [-0.25, -0.2) is 42.3 Å². The fraction of sp³-hybridized carbons (Fsp3) is 0.256. The standard InChI is InChI=1S/3C21H20FN5O2.C11H9FN2O2.C10H13N3O.2CH4/c3*1-26-19-15(8-5-11-23-19)9-10-17(21(26)29)24-20(28)18-16(22)13-27(25-18)12-14-6-3-2-4-7-14;12-9-7-14(13-10(9)11(15)16)6-8-4-2-1-3-5-8;1-13-9-7(3-2-6-12-9)4-5-8(11)10(13)14;;/h3*2-8,11,13,17H,9-10,12H2,1H3,(H,24,28);1-5,7H,6H2,(H,15,16);2-3,6,8H,4-5,11H2,1H3;2*1H4/t2*17-;;;;;/m10...../s1. The third-order valence-corrected chi connectivity index (χ3v) is 19.5. The van der Waals surface area contributed by atoms with E-state index in [1.54, 1.807) is 57.9 Å². The number of benzene rings is 4. The van der Waals surface area contributed by atoms with Gasteiger partial charge in [-0.1, -0.05) is 160 Å². The fourth-order valence-corrected chi connectivity index (χ4v) is 13.5. The molecule has 6 N–H and O–H groups in total. The van der Waals surface area contributed by atoms with E-state index in [2.05, 4.69) is 56.3 Å². The number of carboxylic acids is 1. The van der Waals surface area contributed by atoms with Crippen molar-refractivity contribution in [1.82, 2.24) is 75.0 Å². The molecule has 29 nitrogen and oxygen atoms in total. The summed E-state index contributed by atoms with van der Waals surface area (Å²) in [4.78, 5) is 121. The van der Waals surface area contributed by atoms with Crippen LogP contribution < -0.4 is 41.3 Å². The minimum atomic E-state index is -1.36. The minimum Gasteiger partial charge on any atom is -0.476 e. The first-order valence-electron chi connectivity index (χ1n) is 37.3. The van der Waals surface area contributed by atoms with Crippen LogP contribution in [0.3, 0.4) is 0 Å². The van der Waals surface area contributed by atoms with Crippen molar-refractivity contribution in [3.8, 4) is 0 Å². The van der Waals surface area contributed by atoms with Crippen LogP contribution in [0.4, 0.5) is 40.8 Å². The summed E-state index contributed by atoms with van der Waals surface area (Å²) in [6.07, 6.45) is 15.6. The summed E-state index contributed by atoms with van der Waals surface area (Å²) >= 11 is 0. The summed E-state index contributed by atoms with van der Waals surface area (Å²) in [7, 11) is 6.58. The summed E-state index contributed by atoms with van der Waals surface area (Å²) in [5.41, 5.74) is 11.8. The van der Waals surface area contributed by atoms with E-state index in [0.29, 0.717) is 88.6 Å². The van der Waals surface area contributed by atoms with E-state index < -0.39 is 76.8 Å². The first-order chi connectivity index (χ1) is 56.4. The largest absolute Gasteiger partial charge is 0.476 e. The van der Waals surface area contributed by atoms with Crippen molar-refractivity contribution < 1.29 is 61.0 Å². The highest BCUT2D eigenvalue weighted by Crippen LogP contribution is 2.28. The number of hydrogen-bond acceptors (Lipinski definition) is 17. The average Bonchev–Trinajstić information content (AvgIpc) is 1.69. The van der Waals surface area contributed by atoms with Crippen molar-refractivity contribution >= 4 is 70.6 Å². The topological polar surface area (TPSA) is 355 Å². The number of nitrogens with two attached hydrogens (primary N) is 1. The molecule has 4 atom stereocenters. The van der Waals surface area contributed by atoms with Crippen LogP contribution in [0.1, 0.15) is 127 Å². The molecular weight excluding hydrogens is 1530 g/mol. The monoisotopic (exact) mass is 1620 g/mol. The molecule has 119 heavy (non-hydrogen) atoms. The van der Waals surface area contributed by atoms with Crippen LogP contribution in [0, 0.1) is 23.3 Å². The molecule has 2 unspecified atom stereocenters. The SMILES string of the molecule is C.C.CN1C(=O)C(N)CCc2cccnc21.CN1C(=O)C(NC(=O)c2nn(Cc3ccccc3)cc2F)CCc2cccnc21.CN1C(=O)[C@@H](NC(=O)c2nn(Cc3ccccc3)cc2F)CCc2cccnc21.CN1C(=O)[C@H](NC(=O)c2nn(Cc3ccccc3)cc2F)CCc2cccnc21.O=C(O)c1nn(Cc2ccccc2)cc1F. The molecule has 33 heteroatoms. The van der Waals surface area contributed by atoms with Crippen LogP contribution in [-0.2, 0) is 71.0 Å². The van der Waals surface area contributed by atoms with Gasteiger partial charge in [0.15, 0.2) is 40.4 Å². The number of aryl methyl sites for hydroxylation is 4. The quantitative estimate of drug-likeness (QED) is 0.0596. The Morgan fingerprint density at radius 3 is 0.849 bits per heavy atom. The van der Waals surface area contributed by atoms with Gasteiger partial charge in [-0.2, -0.15) is 20.4 Å². The number of nitrogens with zero attached hydrogens (tertiary/aromatic N) is 16. The number of nitrogens with one attached hydrogen (secondary N) is 3. The van der Waals surface area contributed by atoms with Crippen molar-refractivity contribution in [3.05, 3.63) is 310 Å². The molecule has 616 valence electrons. The molecule has 12 aromatic rings. The summed E-state index contributed by atoms with van der Waals surface area (Å²) in [6.45, 7) is 1.39. The highest BCUT2D eigenvalue weighted by atomic mass is 19.1. The van der Waals surface area contributed by atoms with Crippen LogP contribution in [0.25, 0.3) is 0 Å². The van der Waals surface area contributed by atoms with Gasteiger partial charge in [0.1, 0.15) is 41.4 Å². The van der Waals surface area contributed by atoms with Gasteiger partial charge in [0, 0.05) is 53.0 Å². The third-order valence-electron chi connectivity index (χ3n) is 19.5. The molecule has 4 aliphatic rings. The number of hydrogen-bond donors (Lipinski definition) is 5. The highest BCUT2D eigenvalue weighted by molar-refractivity contribution is 6.04. The van der Waals surface area contributed by atoms with Gasteiger partial charge < -0.3 is 26.8 Å². The zero-order chi connectivity index (χ0) is 82.8. The minimum absolute atomic E-state index is 0. The summed E-state index contributed by atoms with van der Waals surface area (Å²) in [5.74, 6) is -4.93. The molecular formula is C86H90F4N20O9. The molecule has 0 fully saturated rings. The Hall–Kier alpha value is -14.2. The Balaban J connectivity index is 0.000000160. The van der Waals surface area contributed by atoms with Crippen molar-refractivity contribution in [3.63, 3.8) is 0 Å². The van der Waals surface area contributed by atoms with Gasteiger partial charge in [0.2, 0.25) is 29.3 Å². The smallest absolute Gasteiger partial charge is 0.359 e. The van der Waals surface area contributed by atoms with Crippen molar-refractivity contribution in [2.24, 2.45) is 5.73 Å². The van der Waals surface area contributed by atoms with E-state index in [9.17, 15) is 55.9 Å². The number of anilines is 4. The predicted octanol–water partition coefficient (Wildman–Crippen LogP) is 9.88. The van der Waals surface area contributed by atoms with E-state index in [-0.39, 0.29) is 55.6 Å². The Kier molecular flexibility index (Phi) is 29.6. The lowest BCUT2D eigenvalue weighted by Gasteiger charge is -2.20. The van der Waals surface area contributed by atoms with E-state index in [4.69, 9.17) is 10.8 Å². The number of amides is 7. The molecule has 16 rings (SSSR count). The maximum absolute atomic E-state index is 14.3. The molecule has 7 amide bonds. The van der Waals surface area contributed by atoms with Crippen LogP contribution in [0.15, 0.2) is 219 Å². The first-order valence-corrected chi connectivity index (χ1v) is 37.3. The number of aromatic nitrogens is 12. The normalized spacial score (nSPS) is 15.8. The lowest BCUT2D eigenvalue weighted by atomic mass is 10.1. The maximum Gasteiger partial charge on any atom is 0.359 e. The van der Waals surface area contributed by atoms with Gasteiger partial charge in [-0.05, 0) is 120 Å². The summed E-state index contributed by atoms with van der Waals surface area (Å²) in [6, 6.07) is 49.9. The number of fused-ring (bicyclic) bond motifs is 4. The average molecular weight is 1620 g/mol. The van der Waals surface area contributed by atoms with E-state index in [0.717, 1.165) is 62.9 Å². The van der Waals surface area contributed by atoms with Crippen LogP contribution in [0.2, 0.25) is 0 Å². The number of carbonyl (C=O) groups is 8. The van der Waals surface area contributed by atoms with Crippen LogP contribution >= 0.6 is 0 Å². The second-order valence-electron chi connectivity index (χ2n) is 27.7. The van der Waals surface area contributed by atoms with Gasteiger partial charge in [0.25, 0.3) is 17.7 Å². The summed E-state index contributed by atoms with van der Waals surface area (Å²) in [5, 5.41) is 32.4. The molecule has 4 aromatic carbocycles. The van der Waals surface area contributed by atoms with E-state index >= 15 is 0 Å². The number of likely N-dealkylation sites (N-methyl/N-ethyl adjacent to an activating group) is 4. The molecule has 0 saturated carbocycles. The van der Waals surface area contributed by atoms with Crippen LogP contribution in [0.5, 0.6) is 0 Å². The number of pyridine rings is 4. The number of rotatable bonds is 15. The first kappa shape index (κ1) is 87.2. The lowest BCUT2D eigenvalue weighted by molar-refractivity contribution is -0.120. The molecule has 4 aliphatic heterocycles. The zero-order valence-corrected chi connectivity index (χ0v) is 64.0. The van der Waals surface area contributed by atoms with Crippen molar-refractivity contribution in [2.45, 2.75) is 117 Å². The third kappa shape index (κ3) is 21.8. The van der Waals surface area contributed by atoms with Crippen molar-refractivity contribution in [2.75, 3.05) is 47.8 Å². The van der Waals surface area contributed by atoms with Gasteiger partial charge >= 0.3 is 5.97 Å². The zero-order valence-electron chi connectivity index (χ0n) is 64.0. The molecule has 0 spiro atoms. The molecule has 0 bridgehead atoms. The van der Waals surface area contributed by atoms with Gasteiger partial charge in [0.05, 0.1) is 57.0 Å². The molecule has 8 aromatic heterocycles. The van der Waals surface area contributed by atoms with Gasteiger partial charge in [-0.15, -0.1) is 0 Å². The number of carboxylic acid groups (broad SMARTS) is 1. The number of carbonyl (C=O) groups excluding carboxylic acids is 7.